The third kappa shape index (κ3) is 4.47. The summed E-state index contributed by atoms with van der Waals surface area (Å²) in [6.07, 6.45) is 2.40. The molecule has 0 amide bonds. The number of hydrogen-bond acceptors (Lipinski definition) is 5. The van der Waals surface area contributed by atoms with Gasteiger partial charge in [0.15, 0.2) is 0 Å². The summed E-state index contributed by atoms with van der Waals surface area (Å²) in [5.74, 6) is 0.760. The number of nitrogens with one attached hydrogen (secondary N) is 1. The minimum absolute atomic E-state index is 0.0373. The third-order valence-electron chi connectivity index (χ3n) is 5.35. The molecule has 1 N–H and O–H groups in total. The van der Waals surface area contributed by atoms with Gasteiger partial charge in [-0.25, -0.2) is 0 Å². The molecule has 0 bridgehead atoms. The van der Waals surface area contributed by atoms with Crippen LogP contribution in [0.3, 0.4) is 0 Å². The number of rotatable bonds is 4. The van der Waals surface area contributed by atoms with E-state index in [1.165, 1.54) is 12.8 Å². The summed E-state index contributed by atoms with van der Waals surface area (Å²) in [6.45, 7) is 11.0. The van der Waals surface area contributed by atoms with E-state index in [2.05, 4.69) is 10.2 Å². The molecule has 3 aliphatic rings. The maximum absolute atomic E-state index is 12.9. The molecule has 0 saturated carbocycles. The molecule has 0 spiro atoms. The summed E-state index contributed by atoms with van der Waals surface area (Å²) in [7, 11) is -3.36. The number of ether oxygens (including phenoxy) is 1. The van der Waals surface area contributed by atoms with Crippen LogP contribution in [-0.4, -0.2) is 93.0 Å². The normalized spacial score (nSPS) is 32.9. The van der Waals surface area contributed by atoms with E-state index in [0.29, 0.717) is 26.2 Å². The topological polar surface area (TPSA) is 65.1 Å². The van der Waals surface area contributed by atoms with Crippen LogP contribution >= 0.6 is 0 Å². The molecule has 2 unspecified atom stereocenters. The first-order chi connectivity index (χ1) is 11.4. The largest absolute Gasteiger partial charge is 0.373 e. The molecule has 0 aromatic rings. The third-order valence-corrected chi connectivity index (χ3v) is 7.31. The van der Waals surface area contributed by atoms with E-state index < -0.39 is 10.2 Å². The van der Waals surface area contributed by atoms with Gasteiger partial charge in [0.1, 0.15) is 0 Å². The van der Waals surface area contributed by atoms with E-state index in [9.17, 15) is 8.42 Å². The fraction of sp³-hybridized carbons (Fsp3) is 1.00. The second-order valence-electron chi connectivity index (χ2n) is 7.48. The zero-order valence-electron chi connectivity index (χ0n) is 15.0. The zero-order chi connectivity index (χ0) is 17.2. The van der Waals surface area contributed by atoms with Crippen LogP contribution in [0, 0.1) is 5.92 Å². The molecule has 3 fully saturated rings. The summed E-state index contributed by atoms with van der Waals surface area (Å²) in [5.41, 5.74) is 0. The SMILES string of the molecule is CC1CN(S(=O)(=O)N2CCN(CC3CCNCC3)CC2)CC(C)O1. The van der Waals surface area contributed by atoms with E-state index in [1.807, 2.05) is 13.8 Å². The van der Waals surface area contributed by atoms with Crippen molar-refractivity contribution in [2.75, 3.05) is 58.9 Å². The van der Waals surface area contributed by atoms with Crippen LogP contribution in [0.2, 0.25) is 0 Å². The molecule has 0 radical (unpaired) electrons. The smallest absolute Gasteiger partial charge is 0.282 e. The Morgan fingerprint density at radius 3 is 2.12 bits per heavy atom. The van der Waals surface area contributed by atoms with E-state index in [-0.39, 0.29) is 12.2 Å². The van der Waals surface area contributed by atoms with Crippen molar-refractivity contribution in [3.63, 3.8) is 0 Å². The van der Waals surface area contributed by atoms with Crippen molar-refractivity contribution in [3.05, 3.63) is 0 Å². The van der Waals surface area contributed by atoms with Crippen LogP contribution < -0.4 is 5.32 Å². The molecule has 24 heavy (non-hydrogen) atoms. The zero-order valence-corrected chi connectivity index (χ0v) is 15.8. The van der Waals surface area contributed by atoms with Gasteiger partial charge < -0.3 is 15.0 Å². The van der Waals surface area contributed by atoms with Gasteiger partial charge >= 0.3 is 0 Å². The molecule has 0 aromatic carbocycles. The van der Waals surface area contributed by atoms with Gasteiger partial charge in [0.25, 0.3) is 10.2 Å². The Bertz CT molecular complexity index is 491. The predicted molar refractivity (Wildman–Crippen MR) is 94.1 cm³/mol. The van der Waals surface area contributed by atoms with Crippen molar-refractivity contribution >= 4 is 10.2 Å². The predicted octanol–water partition coefficient (Wildman–Crippen LogP) is -0.0424. The van der Waals surface area contributed by atoms with Crippen molar-refractivity contribution in [1.82, 2.24) is 18.8 Å². The van der Waals surface area contributed by atoms with Crippen LogP contribution in [0.5, 0.6) is 0 Å². The summed E-state index contributed by atoms with van der Waals surface area (Å²) in [6, 6.07) is 0. The van der Waals surface area contributed by atoms with Crippen molar-refractivity contribution in [3.8, 4) is 0 Å². The quantitative estimate of drug-likeness (QED) is 0.762. The molecule has 7 nitrogen and oxygen atoms in total. The first-order valence-electron chi connectivity index (χ1n) is 9.29. The second-order valence-corrected chi connectivity index (χ2v) is 9.40. The maximum atomic E-state index is 12.9. The Kier molecular flexibility index (Phi) is 6.16. The van der Waals surface area contributed by atoms with E-state index >= 15 is 0 Å². The lowest BCUT2D eigenvalue weighted by molar-refractivity contribution is -0.0458. The summed E-state index contributed by atoms with van der Waals surface area (Å²) in [5, 5.41) is 3.40. The summed E-state index contributed by atoms with van der Waals surface area (Å²) >= 11 is 0. The number of piperazine rings is 1. The standard InChI is InChI=1S/C16H32N4O3S/c1-14-11-20(12-15(2)23-14)24(21,22)19-9-7-18(8-10-19)13-16-3-5-17-6-4-16/h14-17H,3-13H2,1-2H3. The fourth-order valence-electron chi connectivity index (χ4n) is 4.05. The Morgan fingerprint density at radius 2 is 1.54 bits per heavy atom. The van der Waals surface area contributed by atoms with Gasteiger partial charge in [0, 0.05) is 45.8 Å². The molecule has 140 valence electrons. The first kappa shape index (κ1) is 18.5. The van der Waals surface area contributed by atoms with Crippen LogP contribution in [-0.2, 0) is 14.9 Å². The highest BCUT2D eigenvalue weighted by atomic mass is 32.2. The maximum Gasteiger partial charge on any atom is 0.282 e. The van der Waals surface area contributed by atoms with E-state index in [4.69, 9.17) is 4.74 Å². The molecule has 8 heteroatoms. The average Bonchev–Trinajstić information content (AvgIpc) is 2.55. The molecule has 0 aromatic heterocycles. The van der Waals surface area contributed by atoms with Crippen molar-refractivity contribution in [1.29, 1.82) is 0 Å². The molecular weight excluding hydrogens is 328 g/mol. The Morgan fingerprint density at radius 1 is 0.958 bits per heavy atom. The van der Waals surface area contributed by atoms with Crippen molar-refractivity contribution in [2.45, 2.75) is 38.9 Å². The summed E-state index contributed by atoms with van der Waals surface area (Å²) < 4.78 is 34.7. The first-order valence-corrected chi connectivity index (χ1v) is 10.7. The van der Waals surface area contributed by atoms with Gasteiger partial charge in [-0.05, 0) is 45.7 Å². The Hall–Kier alpha value is -0.250. The monoisotopic (exact) mass is 360 g/mol. The van der Waals surface area contributed by atoms with Crippen molar-refractivity contribution < 1.29 is 13.2 Å². The minimum atomic E-state index is -3.36. The fourth-order valence-corrected chi connectivity index (χ4v) is 5.80. The van der Waals surface area contributed by atoms with E-state index in [0.717, 1.165) is 38.6 Å². The van der Waals surface area contributed by atoms with Crippen LogP contribution in [0.4, 0.5) is 0 Å². The lowest BCUT2D eigenvalue weighted by Gasteiger charge is -2.41. The van der Waals surface area contributed by atoms with Gasteiger partial charge in [-0.3, -0.25) is 0 Å². The van der Waals surface area contributed by atoms with E-state index in [1.54, 1.807) is 8.61 Å². The van der Waals surface area contributed by atoms with Crippen LogP contribution in [0.1, 0.15) is 26.7 Å². The molecule has 3 heterocycles. The molecule has 3 saturated heterocycles. The van der Waals surface area contributed by atoms with Gasteiger partial charge in [-0.15, -0.1) is 0 Å². The highest BCUT2D eigenvalue weighted by molar-refractivity contribution is 7.86. The van der Waals surface area contributed by atoms with Crippen LogP contribution in [0.15, 0.2) is 0 Å². The Balaban J connectivity index is 1.51. The minimum Gasteiger partial charge on any atom is -0.373 e. The molecule has 0 aliphatic carbocycles. The molecule has 3 rings (SSSR count). The second kappa shape index (κ2) is 7.97. The van der Waals surface area contributed by atoms with Gasteiger partial charge in [0.05, 0.1) is 12.2 Å². The Labute approximate surface area is 146 Å². The average molecular weight is 361 g/mol. The highest BCUT2D eigenvalue weighted by Crippen LogP contribution is 2.20. The van der Waals surface area contributed by atoms with Crippen LogP contribution in [0.25, 0.3) is 0 Å². The molecule has 2 atom stereocenters. The number of nitrogens with zero attached hydrogens (tertiary/aromatic N) is 3. The lowest BCUT2D eigenvalue weighted by Crippen LogP contribution is -2.57. The molecule has 3 aliphatic heterocycles. The highest BCUT2D eigenvalue weighted by Gasteiger charge is 2.36. The van der Waals surface area contributed by atoms with Gasteiger partial charge in [0.2, 0.25) is 0 Å². The lowest BCUT2D eigenvalue weighted by atomic mass is 9.97. The van der Waals surface area contributed by atoms with Gasteiger partial charge in [-0.1, -0.05) is 0 Å². The number of piperidine rings is 1. The summed E-state index contributed by atoms with van der Waals surface area (Å²) in [4.78, 5) is 2.44. The van der Waals surface area contributed by atoms with Gasteiger partial charge in [-0.2, -0.15) is 17.0 Å². The van der Waals surface area contributed by atoms with Crippen molar-refractivity contribution in [2.24, 2.45) is 5.92 Å². The number of morpholine rings is 1. The molecular formula is C16H32N4O3S. The number of hydrogen-bond donors (Lipinski definition) is 1.